The maximum absolute atomic E-state index is 5.79. The number of nitrogens with zero attached hydrogens (tertiary/aromatic N) is 1. The van der Waals surface area contributed by atoms with Crippen molar-refractivity contribution in [3.8, 4) is 0 Å². The molecule has 3 heteroatoms. The van der Waals surface area contributed by atoms with Gasteiger partial charge in [0.1, 0.15) is 0 Å². The summed E-state index contributed by atoms with van der Waals surface area (Å²) in [5, 5.41) is 0. The Labute approximate surface area is 87.6 Å². The van der Waals surface area contributed by atoms with Crippen LogP contribution in [0.15, 0.2) is 0 Å². The zero-order valence-corrected chi connectivity index (χ0v) is 9.70. The molecule has 14 heavy (non-hydrogen) atoms. The SMILES string of the molecule is COC(C)CN1CCC(C)CC1CN. The number of rotatable bonds is 4. The van der Waals surface area contributed by atoms with Crippen LogP contribution in [0.5, 0.6) is 0 Å². The molecule has 0 bridgehead atoms. The first-order valence-electron chi connectivity index (χ1n) is 5.64. The number of hydrogen-bond acceptors (Lipinski definition) is 3. The fourth-order valence-corrected chi connectivity index (χ4v) is 2.19. The van der Waals surface area contributed by atoms with Crippen molar-refractivity contribution in [2.75, 3.05) is 26.7 Å². The molecule has 1 saturated heterocycles. The molecule has 84 valence electrons. The Morgan fingerprint density at radius 3 is 2.86 bits per heavy atom. The first-order chi connectivity index (χ1) is 6.67. The van der Waals surface area contributed by atoms with E-state index in [-0.39, 0.29) is 0 Å². The minimum absolute atomic E-state index is 0.317. The van der Waals surface area contributed by atoms with Gasteiger partial charge >= 0.3 is 0 Å². The molecule has 0 spiro atoms. The van der Waals surface area contributed by atoms with Crippen LogP contribution in [0.1, 0.15) is 26.7 Å². The lowest BCUT2D eigenvalue weighted by atomic mass is 9.92. The van der Waals surface area contributed by atoms with Crippen LogP contribution in [0, 0.1) is 5.92 Å². The molecule has 1 rings (SSSR count). The molecule has 1 aliphatic rings. The second-order valence-electron chi connectivity index (χ2n) is 4.56. The standard InChI is InChI=1S/C11H24N2O/c1-9-4-5-13(8-10(2)14-3)11(6-9)7-12/h9-11H,4-8,12H2,1-3H3. The summed E-state index contributed by atoms with van der Waals surface area (Å²) >= 11 is 0. The van der Waals surface area contributed by atoms with E-state index in [0.717, 1.165) is 19.0 Å². The van der Waals surface area contributed by atoms with Crippen LogP contribution < -0.4 is 5.73 Å². The first-order valence-corrected chi connectivity index (χ1v) is 5.64. The van der Waals surface area contributed by atoms with Gasteiger partial charge < -0.3 is 10.5 Å². The monoisotopic (exact) mass is 200 g/mol. The Kier molecular flexibility index (Phi) is 4.85. The molecule has 0 aromatic rings. The summed E-state index contributed by atoms with van der Waals surface area (Å²) in [5.41, 5.74) is 5.79. The fraction of sp³-hybridized carbons (Fsp3) is 1.00. The summed E-state index contributed by atoms with van der Waals surface area (Å²) in [6.07, 6.45) is 2.86. The van der Waals surface area contributed by atoms with Crippen molar-refractivity contribution in [2.45, 2.75) is 38.8 Å². The molecular formula is C11H24N2O. The molecule has 2 N–H and O–H groups in total. The first kappa shape index (κ1) is 12.0. The van der Waals surface area contributed by atoms with Gasteiger partial charge in [0.05, 0.1) is 6.10 Å². The van der Waals surface area contributed by atoms with Crippen LogP contribution in [0.25, 0.3) is 0 Å². The largest absolute Gasteiger partial charge is 0.380 e. The smallest absolute Gasteiger partial charge is 0.0670 e. The highest BCUT2D eigenvalue weighted by Gasteiger charge is 2.25. The van der Waals surface area contributed by atoms with E-state index in [9.17, 15) is 0 Å². The predicted molar refractivity (Wildman–Crippen MR) is 59.3 cm³/mol. The van der Waals surface area contributed by atoms with Crippen molar-refractivity contribution in [1.29, 1.82) is 0 Å². The van der Waals surface area contributed by atoms with Gasteiger partial charge in [-0.05, 0) is 32.2 Å². The number of hydrogen-bond donors (Lipinski definition) is 1. The van der Waals surface area contributed by atoms with Crippen LogP contribution in [0.2, 0.25) is 0 Å². The lowest BCUT2D eigenvalue weighted by molar-refractivity contribution is 0.0390. The maximum Gasteiger partial charge on any atom is 0.0670 e. The molecule has 0 aromatic heterocycles. The molecule has 3 atom stereocenters. The summed E-state index contributed by atoms with van der Waals surface area (Å²) in [7, 11) is 1.77. The van der Waals surface area contributed by atoms with Gasteiger partial charge in [-0.15, -0.1) is 0 Å². The summed E-state index contributed by atoms with van der Waals surface area (Å²) in [4.78, 5) is 2.48. The molecule has 1 fully saturated rings. The highest BCUT2D eigenvalue weighted by Crippen LogP contribution is 2.21. The third kappa shape index (κ3) is 3.23. The highest BCUT2D eigenvalue weighted by atomic mass is 16.5. The van der Waals surface area contributed by atoms with E-state index in [1.807, 2.05) is 0 Å². The molecule has 3 unspecified atom stereocenters. The number of likely N-dealkylation sites (tertiary alicyclic amines) is 1. The van der Waals surface area contributed by atoms with E-state index in [4.69, 9.17) is 10.5 Å². The second kappa shape index (κ2) is 5.69. The van der Waals surface area contributed by atoms with Crippen molar-refractivity contribution in [3.05, 3.63) is 0 Å². The normalized spacial score (nSPS) is 31.7. The van der Waals surface area contributed by atoms with E-state index in [2.05, 4.69) is 18.7 Å². The zero-order valence-electron chi connectivity index (χ0n) is 9.70. The number of piperidine rings is 1. The molecule has 0 aliphatic carbocycles. The number of nitrogens with two attached hydrogens (primary N) is 1. The van der Waals surface area contributed by atoms with Crippen molar-refractivity contribution < 1.29 is 4.74 Å². The van der Waals surface area contributed by atoms with Gasteiger partial charge in [-0.3, -0.25) is 4.90 Å². The zero-order chi connectivity index (χ0) is 10.6. The molecule has 1 heterocycles. The molecule has 1 aliphatic heterocycles. The third-order valence-corrected chi connectivity index (χ3v) is 3.27. The molecular weight excluding hydrogens is 176 g/mol. The molecule has 3 nitrogen and oxygen atoms in total. The maximum atomic E-state index is 5.79. The Hall–Kier alpha value is -0.120. The van der Waals surface area contributed by atoms with Crippen LogP contribution in [0.3, 0.4) is 0 Å². The average molecular weight is 200 g/mol. The number of methoxy groups -OCH3 is 1. The quantitative estimate of drug-likeness (QED) is 0.738. The third-order valence-electron chi connectivity index (χ3n) is 3.27. The highest BCUT2D eigenvalue weighted by molar-refractivity contribution is 4.81. The molecule has 0 aromatic carbocycles. The van der Waals surface area contributed by atoms with Crippen molar-refractivity contribution in [2.24, 2.45) is 11.7 Å². The summed E-state index contributed by atoms with van der Waals surface area (Å²) in [5.74, 6) is 0.831. The Balaban J connectivity index is 2.41. The van der Waals surface area contributed by atoms with Crippen LogP contribution in [0.4, 0.5) is 0 Å². The van der Waals surface area contributed by atoms with Crippen LogP contribution >= 0.6 is 0 Å². The lowest BCUT2D eigenvalue weighted by Crippen LogP contribution is -2.48. The van der Waals surface area contributed by atoms with E-state index >= 15 is 0 Å². The minimum Gasteiger partial charge on any atom is -0.380 e. The minimum atomic E-state index is 0.317. The van der Waals surface area contributed by atoms with E-state index in [1.165, 1.54) is 19.4 Å². The molecule has 0 radical (unpaired) electrons. The van der Waals surface area contributed by atoms with Crippen LogP contribution in [-0.4, -0.2) is 43.8 Å². The van der Waals surface area contributed by atoms with Gasteiger partial charge in [0, 0.05) is 26.2 Å². The van der Waals surface area contributed by atoms with Gasteiger partial charge in [0.15, 0.2) is 0 Å². The van der Waals surface area contributed by atoms with Crippen molar-refractivity contribution in [3.63, 3.8) is 0 Å². The molecule has 0 amide bonds. The van der Waals surface area contributed by atoms with Gasteiger partial charge in [0.25, 0.3) is 0 Å². The average Bonchev–Trinajstić information content (AvgIpc) is 2.20. The summed E-state index contributed by atoms with van der Waals surface area (Å²) in [6.45, 7) is 7.41. The van der Waals surface area contributed by atoms with Gasteiger partial charge in [-0.25, -0.2) is 0 Å². The molecule has 0 saturated carbocycles. The topological polar surface area (TPSA) is 38.5 Å². The van der Waals surface area contributed by atoms with Gasteiger partial charge in [0.2, 0.25) is 0 Å². The van der Waals surface area contributed by atoms with E-state index in [0.29, 0.717) is 12.1 Å². The fourth-order valence-electron chi connectivity index (χ4n) is 2.19. The summed E-state index contributed by atoms with van der Waals surface area (Å²) in [6, 6.07) is 0.566. The van der Waals surface area contributed by atoms with Crippen molar-refractivity contribution >= 4 is 0 Å². The van der Waals surface area contributed by atoms with Gasteiger partial charge in [-0.1, -0.05) is 6.92 Å². The Morgan fingerprint density at radius 1 is 1.57 bits per heavy atom. The Bertz CT molecular complexity index is 163. The summed E-state index contributed by atoms with van der Waals surface area (Å²) < 4.78 is 5.29. The predicted octanol–water partition coefficient (Wildman–Crippen LogP) is 1.08. The number of ether oxygens (including phenoxy) is 1. The van der Waals surface area contributed by atoms with E-state index < -0.39 is 0 Å². The van der Waals surface area contributed by atoms with Crippen molar-refractivity contribution in [1.82, 2.24) is 4.90 Å². The Morgan fingerprint density at radius 2 is 2.29 bits per heavy atom. The second-order valence-corrected chi connectivity index (χ2v) is 4.56. The van der Waals surface area contributed by atoms with Crippen LogP contribution in [-0.2, 0) is 4.74 Å². The van der Waals surface area contributed by atoms with Gasteiger partial charge in [-0.2, -0.15) is 0 Å². The lowest BCUT2D eigenvalue weighted by Gasteiger charge is -2.39. The van der Waals surface area contributed by atoms with E-state index in [1.54, 1.807) is 7.11 Å².